The summed E-state index contributed by atoms with van der Waals surface area (Å²) in [4.78, 5) is 24.5. The quantitative estimate of drug-likeness (QED) is 0.746. The highest BCUT2D eigenvalue weighted by Gasteiger charge is 2.22. The van der Waals surface area contributed by atoms with E-state index in [1.54, 1.807) is 12.4 Å². The Bertz CT molecular complexity index is 899. The molecule has 1 fully saturated rings. The summed E-state index contributed by atoms with van der Waals surface area (Å²) in [6, 6.07) is 0. The summed E-state index contributed by atoms with van der Waals surface area (Å²) in [6.07, 6.45) is 4.11. The Balaban J connectivity index is 1.92. The van der Waals surface area contributed by atoms with E-state index in [0.717, 1.165) is 47.9 Å². The number of aromatic nitrogens is 6. The second kappa shape index (κ2) is 6.25. The van der Waals surface area contributed by atoms with Crippen LogP contribution in [0.3, 0.4) is 0 Å². The van der Waals surface area contributed by atoms with Gasteiger partial charge in [0.25, 0.3) is 0 Å². The fraction of sp³-hybridized carbons (Fsp3) is 0.438. The van der Waals surface area contributed by atoms with Crippen molar-refractivity contribution in [2.24, 2.45) is 7.05 Å². The molecule has 0 spiro atoms. The molecule has 0 atom stereocenters. The van der Waals surface area contributed by atoms with Crippen molar-refractivity contribution in [1.82, 2.24) is 29.5 Å². The number of aryl methyl sites for hydroxylation is 2. The van der Waals surface area contributed by atoms with Gasteiger partial charge in [-0.3, -0.25) is 0 Å². The van der Waals surface area contributed by atoms with Gasteiger partial charge in [0.1, 0.15) is 5.82 Å². The van der Waals surface area contributed by atoms with E-state index < -0.39 is 0 Å². The third-order valence-corrected chi connectivity index (χ3v) is 4.35. The highest BCUT2D eigenvalue weighted by Crippen LogP contribution is 2.28. The topological polar surface area (TPSA) is 108 Å². The molecule has 0 aliphatic carbocycles. The Kier molecular flexibility index (Phi) is 3.92. The summed E-state index contributed by atoms with van der Waals surface area (Å²) < 4.78 is 7.48. The number of imidazole rings is 1. The van der Waals surface area contributed by atoms with Crippen LogP contribution < -0.4 is 10.6 Å². The van der Waals surface area contributed by atoms with Crippen LogP contribution in [-0.4, -0.2) is 55.8 Å². The van der Waals surface area contributed by atoms with Gasteiger partial charge in [-0.25, -0.2) is 24.9 Å². The maximum absolute atomic E-state index is 5.59. The Morgan fingerprint density at radius 2 is 1.84 bits per heavy atom. The predicted molar refractivity (Wildman–Crippen MR) is 94.2 cm³/mol. The lowest BCUT2D eigenvalue weighted by Crippen LogP contribution is -2.37. The molecule has 3 aromatic heterocycles. The zero-order valence-electron chi connectivity index (χ0n) is 14.3. The summed E-state index contributed by atoms with van der Waals surface area (Å²) in [6.45, 7) is 5.00. The molecular weight excluding hydrogens is 320 g/mol. The largest absolute Gasteiger partial charge is 0.378 e. The van der Waals surface area contributed by atoms with Gasteiger partial charge in [0.2, 0.25) is 5.95 Å². The van der Waals surface area contributed by atoms with Crippen molar-refractivity contribution in [3.05, 3.63) is 18.2 Å². The van der Waals surface area contributed by atoms with Crippen molar-refractivity contribution in [2.45, 2.75) is 13.3 Å². The number of anilines is 2. The summed E-state index contributed by atoms with van der Waals surface area (Å²) in [5, 5.41) is 0. The minimum Gasteiger partial charge on any atom is -0.378 e. The Morgan fingerprint density at radius 3 is 2.52 bits per heavy atom. The second-order valence-electron chi connectivity index (χ2n) is 5.91. The molecule has 130 valence electrons. The van der Waals surface area contributed by atoms with E-state index in [4.69, 9.17) is 25.4 Å². The van der Waals surface area contributed by atoms with E-state index in [1.807, 2.05) is 11.6 Å². The van der Waals surface area contributed by atoms with Crippen molar-refractivity contribution >= 4 is 22.9 Å². The number of nitrogen functional groups attached to an aromatic ring is 1. The standard InChI is InChI=1S/C16H20N8O/c1-3-11-20-12-14(23(11)2)21-13(10-8-18-16(17)19-9-10)22-15(12)24-4-6-25-7-5-24/h8-9H,3-7H2,1-2H3,(H2,17,18,19). The van der Waals surface area contributed by atoms with Crippen LogP contribution in [0.25, 0.3) is 22.6 Å². The number of morpholine rings is 1. The minimum absolute atomic E-state index is 0.229. The lowest BCUT2D eigenvalue weighted by atomic mass is 10.3. The predicted octanol–water partition coefficient (Wildman–Crippen LogP) is 0.801. The molecule has 1 aliphatic heterocycles. The molecule has 0 bridgehead atoms. The number of hydrogen-bond donors (Lipinski definition) is 1. The molecule has 1 aliphatic rings. The average Bonchev–Trinajstić information content (AvgIpc) is 2.98. The maximum atomic E-state index is 5.59. The van der Waals surface area contributed by atoms with Crippen LogP contribution in [0.4, 0.5) is 11.8 Å². The van der Waals surface area contributed by atoms with Crippen LogP contribution in [0, 0.1) is 0 Å². The summed E-state index contributed by atoms with van der Waals surface area (Å²) >= 11 is 0. The number of rotatable bonds is 3. The van der Waals surface area contributed by atoms with Gasteiger partial charge in [0.15, 0.2) is 22.8 Å². The number of hydrogen-bond acceptors (Lipinski definition) is 8. The van der Waals surface area contributed by atoms with Crippen LogP contribution in [0.1, 0.15) is 12.7 Å². The molecule has 3 aromatic rings. The number of nitrogens with two attached hydrogens (primary N) is 1. The summed E-state index contributed by atoms with van der Waals surface area (Å²) in [5.41, 5.74) is 7.94. The fourth-order valence-electron chi connectivity index (χ4n) is 2.99. The molecule has 25 heavy (non-hydrogen) atoms. The molecule has 4 rings (SSSR count). The molecule has 9 heteroatoms. The van der Waals surface area contributed by atoms with Crippen LogP contribution in [-0.2, 0) is 18.2 Å². The Hall–Kier alpha value is -2.81. The molecule has 0 amide bonds. The normalized spacial score (nSPS) is 15.0. The van der Waals surface area contributed by atoms with Gasteiger partial charge in [0, 0.05) is 39.0 Å². The Labute approximate surface area is 144 Å². The molecule has 9 nitrogen and oxygen atoms in total. The van der Waals surface area contributed by atoms with Gasteiger partial charge < -0.3 is 19.9 Å². The molecule has 1 saturated heterocycles. The number of ether oxygens (including phenoxy) is 1. The third-order valence-electron chi connectivity index (χ3n) is 4.35. The molecule has 0 unspecified atom stereocenters. The molecule has 0 radical (unpaired) electrons. The van der Waals surface area contributed by atoms with Crippen molar-refractivity contribution in [2.75, 3.05) is 36.9 Å². The van der Waals surface area contributed by atoms with Crippen LogP contribution >= 0.6 is 0 Å². The van der Waals surface area contributed by atoms with Gasteiger partial charge in [-0.15, -0.1) is 0 Å². The summed E-state index contributed by atoms with van der Waals surface area (Å²) in [5.74, 6) is 2.60. The first-order valence-corrected chi connectivity index (χ1v) is 8.31. The van der Waals surface area contributed by atoms with E-state index in [2.05, 4.69) is 21.8 Å². The van der Waals surface area contributed by atoms with E-state index in [1.165, 1.54) is 0 Å². The zero-order chi connectivity index (χ0) is 17.4. The monoisotopic (exact) mass is 340 g/mol. The molecule has 2 N–H and O–H groups in total. The lowest BCUT2D eigenvalue weighted by molar-refractivity contribution is 0.122. The van der Waals surface area contributed by atoms with Crippen LogP contribution in [0.15, 0.2) is 12.4 Å². The first-order valence-electron chi connectivity index (χ1n) is 8.31. The smallest absolute Gasteiger partial charge is 0.219 e. The maximum Gasteiger partial charge on any atom is 0.219 e. The van der Waals surface area contributed by atoms with Gasteiger partial charge in [0.05, 0.1) is 18.8 Å². The number of fused-ring (bicyclic) bond motifs is 1. The summed E-state index contributed by atoms with van der Waals surface area (Å²) in [7, 11) is 1.98. The van der Waals surface area contributed by atoms with E-state index in [0.29, 0.717) is 19.0 Å². The Morgan fingerprint density at radius 1 is 1.12 bits per heavy atom. The van der Waals surface area contributed by atoms with Crippen molar-refractivity contribution < 1.29 is 4.74 Å². The fourth-order valence-corrected chi connectivity index (χ4v) is 2.99. The molecule has 4 heterocycles. The van der Waals surface area contributed by atoms with Crippen molar-refractivity contribution in [1.29, 1.82) is 0 Å². The zero-order valence-corrected chi connectivity index (χ0v) is 14.3. The van der Waals surface area contributed by atoms with E-state index in [-0.39, 0.29) is 5.95 Å². The van der Waals surface area contributed by atoms with Gasteiger partial charge in [-0.1, -0.05) is 6.92 Å². The van der Waals surface area contributed by atoms with Gasteiger partial charge >= 0.3 is 0 Å². The van der Waals surface area contributed by atoms with Crippen molar-refractivity contribution in [3.8, 4) is 11.4 Å². The highest BCUT2D eigenvalue weighted by atomic mass is 16.5. The van der Waals surface area contributed by atoms with Gasteiger partial charge in [-0.05, 0) is 0 Å². The van der Waals surface area contributed by atoms with Crippen LogP contribution in [0.2, 0.25) is 0 Å². The number of nitrogens with zero attached hydrogens (tertiary/aromatic N) is 7. The minimum atomic E-state index is 0.229. The van der Waals surface area contributed by atoms with Crippen molar-refractivity contribution in [3.63, 3.8) is 0 Å². The molecule has 0 saturated carbocycles. The first-order chi connectivity index (χ1) is 12.2. The second-order valence-corrected chi connectivity index (χ2v) is 5.91. The van der Waals surface area contributed by atoms with Crippen LogP contribution in [0.5, 0.6) is 0 Å². The molecule has 0 aromatic carbocycles. The third kappa shape index (κ3) is 2.76. The highest BCUT2D eigenvalue weighted by molar-refractivity contribution is 5.86. The molecular formula is C16H20N8O. The first kappa shape index (κ1) is 15.7. The average molecular weight is 340 g/mol. The van der Waals surface area contributed by atoms with E-state index in [9.17, 15) is 0 Å². The SMILES string of the molecule is CCc1nc2c(N3CCOCC3)nc(-c3cnc(N)nc3)nc2n1C. The van der Waals surface area contributed by atoms with Gasteiger partial charge in [-0.2, -0.15) is 0 Å². The van der Waals surface area contributed by atoms with E-state index >= 15 is 0 Å². The lowest BCUT2D eigenvalue weighted by Gasteiger charge is -2.28.